The smallest absolute Gasteiger partial charge is 0.295 e. The molecule has 20 rings (SSSR count). The van der Waals surface area contributed by atoms with E-state index in [9.17, 15) is 0 Å². The Morgan fingerprint density at radius 2 is 0.604 bits per heavy atom. The summed E-state index contributed by atoms with van der Waals surface area (Å²) in [4.78, 5) is 23.6. The minimum Gasteiger partial charge on any atom is -0.295 e. The van der Waals surface area contributed by atoms with E-state index in [1.807, 2.05) is 156 Å². The SMILES string of the molecule is Cc1cc(C)c(C)c(-c2cc3nc4ccccn4c3c[n+]2C)c1.Cc1ccc(-c2cc3nc4ccccn4c3c[n+]2C)c(C)c1.Cc1ccccc1-c1cc2nc3ccccn3c2c[n+]1C.[2H]C([2H])([2H])c1cc(C)cc(-c2ccc3nc4ccccn4c3[n+]2C)c1C.[2H]C([2H])([2H])c1ccc(-c2cc3nc4ccccn4c3c[n+]2C)c(C)c1. The topological polar surface area (TPSA) is 106 Å². The summed E-state index contributed by atoms with van der Waals surface area (Å²) in [6.45, 7) is 14.5. The molecule has 0 spiro atoms. The van der Waals surface area contributed by atoms with Crippen molar-refractivity contribution in [1.29, 1.82) is 0 Å². The minimum absolute atomic E-state index is 0.366. The summed E-state index contributed by atoms with van der Waals surface area (Å²) in [7, 11) is 10.3. The highest BCUT2D eigenvalue weighted by molar-refractivity contribution is 5.86. The van der Waals surface area contributed by atoms with Gasteiger partial charge in [-0.3, -0.25) is 17.6 Å². The molecule has 0 aliphatic carbocycles. The van der Waals surface area contributed by atoms with Crippen LogP contribution in [0.5, 0.6) is 0 Å². The van der Waals surface area contributed by atoms with E-state index >= 15 is 0 Å². The van der Waals surface area contributed by atoms with Crippen LogP contribution in [0.2, 0.25) is 0 Å². The number of hydrogen-bond donors (Lipinski definition) is 0. The van der Waals surface area contributed by atoms with Crippen molar-refractivity contribution < 1.29 is 31.1 Å². The lowest BCUT2D eigenvalue weighted by atomic mass is 9.97. The predicted molar refractivity (Wildman–Crippen MR) is 449 cm³/mol. The third-order valence-electron chi connectivity index (χ3n) is 21.4. The predicted octanol–water partition coefficient (Wildman–Crippen LogP) is 18.3. The molecule has 546 valence electrons. The Morgan fingerprint density at radius 1 is 0.261 bits per heavy atom. The summed E-state index contributed by atoms with van der Waals surface area (Å²) < 4.78 is 67.4. The summed E-state index contributed by atoms with van der Waals surface area (Å²) in [6, 6.07) is 71.4. The molecule has 15 heteroatoms. The maximum absolute atomic E-state index is 7.85. The fourth-order valence-corrected chi connectivity index (χ4v) is 15.5. The molecule has 0 radical (unpaired) electrons. The number of nitrogens with zero attached hydrogens (tertiary/aromatic N) is 15. The normalized spacial score (nSPS) is 12.5. The van der Waals surface area contributed by atoms with Crippen molar-refractivity contribution in [1.82, 2.24) is 46.9 Å². The van der Waals surface area contributed by atoms with Crippen LogP contribution >= 0.6 is 0 Å². The van der Waals surface area contributed by atoms with Gasteiger partial charge in [-0.15, -0.1) is 0 Å². The van der Waals surface area contributed by atoms with Gasteiger partial charge >= 0.3 is 5.65 Å². The van der Waals surface area contributed by atoms with E-state index in [-0.39, 0.29) is 0 Å². The van der Waals surface area contributed by atoms with Gasteiger partial charge in [0.2, 0.25) is 28.4 Å². The third kappa shape index (κ3) is 13.7. The van der Waals surface area contributed by atoms with Crippen LogP contribution in [0.25, 0.3) is 140 Å². The van der Waals surface area contributed by atoms with Gasteiger partial charge in [0.1, 0.15) is 101 Å². The van der Waals surface area contributed by atoms with Crippen LogP contribution in [-0.4, -0.2) is 46.9 Å². The zero-order chi connectivity index (χ0) is 82.2. The second-order valence-electron chi connectivity index (χ2n) is 29.3. The summed E-state index contributed by atoms with van der Waals surface area (Å²) in [5.74, 6) is 0. The molecule has 15 heterocycles. The molecular weight excluding hydrogens is 1360 g/mol. The quantitative estimate of drug-likeness (QED) is 0.160. The van der Waals surface area contributed by atoms with E-state index in [0.717, 1.165) is 123 Å². The highest BCUT2D eigenvalue weighted by atomic mass is 15.1. The first kappa shape index (κ1) is 64.7. The van der Waals surface area contributed by atoms with Crippen molar-refractivity contribution >= 4 is 83.5 Å². The van der Waals surface area contributed by atoms with Crippen molar-refractivity contribution in [2.45, 2.75) is 76.0 Å². The number of fused-ring (bicyclic) bond motifs is 15. The molecule has 15 nitrogen and oxygen atoms in total. The molecule has 0 amide bonds. The monoisotopic (exact) mass is 1460 g/mol. The molecule has 111 heavy (non-hydrogen) atoms. The number of pyridine rings is 10. The van der Waals surface area contributed by atoms with Gasteiger partial charge in [-0.05, 0) is 212 Å². The molecule has 0 saturated heterocycles. The molecule has 5 aromatic carbocycles. The third-order valence-corrected chi connectivity index (χ3v) is 21.4. The Kier molecular flexibility index (Phi) is 17.1. The van der Waals surface area contributed by atoms with Crippen molar-refractivity contribution in [3.8, 4) is 56.3 Å². The van der Waals surface area contributed by atoms with Crippen LogP contribution in [0.1, 0.15) is 69.4 Å². The van der Waals surface area contributed by atoms with Crippen LogP contribution in [0.4, 0.5) is 0 Å². The number of rotatable bonds is 5. The van der Waals surface area contributed by atoms with E-state index in [0.29, 0.717) is 11.1 Å². The van der Waals surface area contributed by atoms with E-state index in [2.05, 4.69) is 246 Å². The molecule has 0 aliphatic rings. The Hall–Kier alpha value is -13.4. The molecule has 0 bridgehead atoms. The molecule has 20 aromatic rings. The van der Waals surface area contributed by atoms with Gasteiger partial charge in [0, 0.05) is 91.2 Å². The lowest BCUT2D eigenvalue weighted by molar-refractivity contribution is -0.659. The van der Waals surface area contributed by atoms with Crippen molar-refractivity contribution in [3.63, 3.8) is 0 Å². The van der Waals surface area contributed by atoms with E-state index < -0.39 is 13.7 Å². The number of imidazole rings is 5. The van der Waals surface area contributed by atoms with Crippen molar-refractivity contribution in [2.75, 3.05) is 0 Å². The van der Waals surface area contributed by atoms with Gasteiger partial charge in [-0.1, -0.05) is 107 Å². The fourth-order valence-electron chi connectivity index (χ4n) is 15.5. The lowest BCUT2D eigenvalue weighted by Crippen LogP contribution is -2.33. The van der Waals surface area contributed by atoms with Crippen LogP contribution in [-0.2, 0) is 35.2 Å². The lowest BCUT2D eigenvalue weighted by Gasteiger charge is -2.11. The largest absolute Gasteiger partial charge is 0.314 e. The van der Waals surface area contributed by atoms with Crippen LogP contribution in [0.3, 0.4) is 0 Å². The van der Waals surface area contributed by atoms with Gasteiger partial charge in [0.15, 0.2) is 30.3 Å². The Labute approximate surface area is 654 Å². The van der Waals surface area contributed by atoms with E-state index in [4.69, 9.17) is 23.2 Å². The molecule has 0 atom stereocenters. The number of benzene rings is 5. The van der Waals surface area contributed by atoms with Gasteiger partial charge < -0.3 is 0 Å². The summed E-state index contributed by atoms with van der Waals surface area (Å²) in [5.41, 5.74) is 37.6. The average Bonchev–Trinajstić information content (AvgIpc) is 1.68. The summed E-state index contributed by atoms with van der Waals surface area (Å²) >= 11 is 0. The molecule has 0 saturated carbocycles. The second kappa shape index (κ2) is 29.3. The Bertz CT molecular complexity index is 7320. The van der Waals surface area contributed by atoms with E-state index in [1.165, 1.54) is 67.2 Å². The number of aryl methyl sites for hydroxylation is 14. The minimum atomic E-state index is -2.13. The van der Waals surface area contributed by atoms with Crippen LogP contribution in [0.15, 0.2) is 268 Å². The molecule has 0 N–H and O–H groups in total. The second-order valence-corrected chi connectivity index (χ2v) is 29.3. The van der Waals surface area contributed by atoms with E-state index in [1.54, 1.807) is 18.2 Å². The average molecular weight is 1460 g/mol. The van der Waals surface area contributed by atoms with Crippen molar-refractivity contribution in [3.05, 3.63) is 329 Å². The van der Waals surface area contributed by atoms with Gasteiger partial charge in [0.25, 0.3) is 0 Å². The Balaban J connectivity index is 0.000000110. The zero-order valence-electron chi connectivity index (χ0n) is 71.1. The zero-order valence-corrected chi connectivity index (χ0v) is 65.1. The molecule has 0 unspecified atom stereocenters. The molecule has 15 aromatic heterocycles. The van der Waals surface area contributed by atoms with Gasteiger partial charge in [0.05, 0.1) is 13.2 Å². The van der Waals surface area contributed by atoms with Crippen LogP contribution < -0.4 is 22.8 Å². The first-order valence-corrected chi connectivity index (χ1v) is 37.3. The number of hydrogen-bond acceptors (Lipinski definition) is 5. The summed E-state index contributed by atoms with van der Waals surface area (Å²) in [5, 5.41) is 0. The molecule has 0 aliphatic heterocycles. The van der Waals surface area contributed by atoms with Crippen LogP contribution in [0, 0.1) is 76.0 Å². The fraction of sp³-hybridized carbons (Fsp3) is 0.167. The van der Waals surface area contributed by atoms with Crippen molar-refractivity contribution in [2.24, 2.45) is 35.2 Å². The first-order chi connectivity index (χ1) is 56.0. The van der Waals surface area contributed by atoms with Gasteiger partial charge in [-0.25, -0.2) is 29.5 Å². The first-order valence-electron chi connectivity index (χ1n) is 40.3. The Morgan fingerprint density at radius 3 is 1.03 bits per heavy atom. The maximum atomic E-state index is 7.85. The van der Waals surface area contributed by atoms with Gasteiger partial charge in [-0.2, -0.15) is 22.7 Å². The molecule has 0 fully saturated rings. The highest BCUT2D eigenvalue weighted by Gasteiger charge is 2.24. The molecular formula is C96H92N15+5. The highest BCUT2D eigenvalue weighted by Crippen LogP contribution is 2.32. The number of aromatic nitrogens is 15. The maximum Gasteiger partial charge on any atom is 0.314 e. The summed E-state index contributed by atoms with van der Waals surface area (Å²) in [6.07, 6.45) is 18.7. The standard InChI is InChI=1S/2C20H20N3.2C19H18N3.C18H16N3/c1-13-11-14(2)15(3)16(12-13)18-9-8-17-20(22(18)4)23-10-6-5-7-19(23)21-17;1-13-9-14(2)15(3)16(10-13)18-11-17-19(12-22(18)4)23-8-6-5-7-20(23)21-17;2*1-13-7-8-15(14(2)10-13)17-11-16-18(12-21(17)3)22-9-5-4-6-19(22)20-16;1-13-7-3-4-8-14(13)16-11-15-17(12-20(16)2)21-10-6-5-9-18(21)19-15/h2*5-12H,1-4H3;2*4-12H,1-3H3;3-12H,1-2H3/q5*+1/i2D3;;1D3;;.